The van der Waals surface area contributed by atoms with E-state index in [1.165, 1.54) is 13.2 Å². The molecule has 0 aliphatic carbocycles. The SMILES string of the molecule is CCNC(=O)[C@H](C)NC(=O)/C=C/c1ccc(OCC#N)c(OC)c1. The van der Waals surface area contributed by atoms with E-state index in [4.69, 9.17) is 14.7 Å². The largest absolute Gasteiger partial charge is 0.493 e. The lowest BCUT2D eigenvalue weighted by molar-refractivity contribution is -0.126. The number of carbonyl (C=O) groups excluding carboxylic acids is 2. The predicted octanol–water partition coefficient (Wildman–Crippen LogP) is 1.25. The maximum Gasteiger partial charge on any atom is 0.244 e. The quantitative estimate of drug-likeness (QED) is 0.698. The minimum atomic E-state index is -0.613. The number of nitriles is 1. The first-order chi connectivity index (χ1) is 11.5. The molecular weight excluding hydrogens is 310 g/mol. The Labute approximate surface area is 141 Å². The Morgan fingerprint density at radius 1 is 1.38 bits per heavy atom. The predicted molar refractivity (Wildman–Crippen MR) is 89.4 cm³/mol. The van der Waals surface area contributed by atoms with Gasteiger partial charge < -0.3 is 20.1 Å². The number of ether oxygens (including phenoxy) is 2. The summed E-state index contributed by atoms with van der Waals surface area (Å²) < 4.78 is 10.4. The molecule has 1 aromatic rings. The van der Waals surface area contributed by atoms with Crippen molar-refractivity contribution in [1.29, 1.82) is 5.26 Å². The highest BCUT2D eigenvalue weighted by Crippen LogP contribution is 2.28. The summed E-state index contributed by atoms with van der Waals surface area (Å²) in [5, 5.41) is 13.7. The number of benzene rings is 1. The van der Waals surface area contributed by atoms with Crippen molar-refractivity contribution >= 4 is 17.9 Å². The topological polar surface area (TPSA) is 100 Å². The average molecular weight is 331 g/mol. The van der Waals surface area contributed by atoms with E-state index in [0.29, 0.717) is 18.0 Å². The van der Waals surface area contributed by atoms with Crippen LogP contribution in [0.5, 0.6) is 11.5 Å². The fraction of sp³-hybridized carbons (Fsp3) is 0.353. The molecule has 0 saturated heterocycles. The van der Waals surface area contributed by atoms with Gasteiger partial charge in [-0.3, -0.25) is 9.59 Å². The van der Waals surface area contributed by atoms with Crippen LogP contribution in [0, 0.1) is 11.3 Å². The van der Waals surface area contributed by atoms with Crippen LogP contribution in [0.3, 0.4) is 0 Å². The van der Waals surface area contributed by atoms with E-state index in [-0.39, 0.29) is 18.4 Å². The average Bonchev–Trinajstić information content (AvgIpc) is 2.58. The van der Waals surface area contributed by atoms with Gasteiger partial charge in [-0.1, -0.05) is 6.07 Å². The molecular formula is C17H21N3O4. The molecule has 0 aliphatic rings. The third-order valence-corrected chi connectivity index (χ3v) is 3.01. The second-order valence-electron chi connectivity index (χ2n) is 4.82. The van der Waals surface area contributed by atoms with Crippen LogP contribution >= 0.6 is 0 Å². The van der Waals surface area contributed by atoms with Gasteiger partial charge in [-0.15, -0.1) is 0 Å². The van der Waals surface area contributed by atoms with Crippen LogP contribution in [0.15, 0.2) is 24.3 Å². The molecule has 7 nitrogen and oxygen atoms in total. The van der Waals surface area contributed by atoms with E-state index in [1.807, 2.05) is 13.0 Å². The van der Waals surface area contributed by atoms with Crippen molar-refractivity contribution in [2.75, 3.05) is 20.3 Å². The zero-order valence-electron chi connectivity index (χ0n) is 14.0. The molecule has 2 amide bonds. The number of carbonyl (C=O) groups is 2. The molecule has 0 aromatic heterocycles. The fourth-order valence-corrected chi connectivity index (χ4v) is 1.84. The summed E-state index contributed by atoms with van der Waals surface area (Å²) in [6, 6.07) is 6.34. The number of amides is 2. The van der Waals surface area contributed by atoms with E-state index in [1.54, 1.807) is 31.2 Å². The molecule has 7 heteroatoms. The van der Waals surface area contributed by atoms with Crippen LogP contribution in [-0.2, 0) is 9.59 Å². The maximum absolute atomic E-state index is 11.8. The number of hydrogen-bond donors (Lipinski definition) is 2. The molecule has 0 fully saturated rings. The summed E-state index contributed by atoms with van der Waals surface area (Å²) in [4.78, 5) is 23.4. The minimum absolute atomic E-state index is 0.0777. The smallest absolute Gasteiger partial charge is 0.244 e. The van der Waals surface area contributed by atoms with Gasteiger partial charge in [0, 0.05) is 12.6 Å². The Morgan fingerprint density at radius 3 is 2.75 bits per heavy atom. The number of likely N-dealkylation sites (N-methyl/N-ethyl adjacent to an activating group) is 1. The van der Waals surface area contributed by atoms with Crippen molar-refractivity contribution in [3.63, 3.8) is 0 Å². The van der Waals surface area contributed by atoms with E-state index < -0.39 is 6.04 Å². The zero-order valence-corrected chi connectivity index (χ0v) is 14.0. The van der Waals surface area contributed by atoms with Crippen LogP contribution in [0.1, 0.15) is 19.4 Å². The first-order valence-electron chi connectivity index (χ1n) is 7.45. The monoisotopic (exact) mass is 331 g/mol. The van der Waals surface area contributed by atoms with Gasteiger partial charge in [0.1, 0.15) is 12.1 Å². The highest BCUT2D eigenvalue weighted by Gasteiger charge is 2.12. The van der Waals surface area contributed by atoms with Crippen molar-refractivity contribution in [3.05, 3.63) is 29.8 Å². The van der Waals surface area contributed by atoms with Gasteiger partial charge in [0.15, 0.2) is 18.1 Å². The molecule has 128 valence electrons. The lowest BCUT2D eigenvalue weighted by Gasteiger charge is -2.11. The molecule has 0 bridgehead atoms. The van der Waals surface area contributed by atoms with Crippen molar-refractivity contribution < 1.29 is 19.1 Å². The molecule has 24 heavy (non-hydrogen) atoms. The van der Waals surface area contributed by atoms with Crippen LogP contribution < -0.4 is 20.1 Å². The summed E-state index contributed by atoms with van der Waals surface area (Å²) in [6.07, 6.45) is 2.93. The normalized spacial score (nSPS) is 11.4. The van der Waals surface area contributed by atoms with E-state index >= 15 is 0 Å². The number of methoxy groups -OCH3 is 1. The highest BCUT2D eigenvalue weighted by molar-refractivity contribution is 5.95. The molecule has 0 spiro atoms. The van der Waals surface area contributed by atoms with Gasteiger partial charge in [0.05, 0.1) is 7.11 Å². The Bertz CT molecular complexity index is 650. The number of hydrogen-bond acceptors (Lipinski definition) is 5. The third-order valence-electron chi connectivity index (χ3n) is 3.01. The minimum Gasteiger partial charge on any atom is -0.493 e. The zero-order chi connectivity index (χ0) is 17.9. The van der Waals surface area contributed by atoms with E-state index in [2.05, 4.69) is 10.6 Å². The number of rotatable bonds is 8. The lowest BCUT2D eigenvalue weighted by Crippen LogP contribution is -2.44. The first-order valence-corrected chi connectivity index (χ1v) is 7.45. The second kappa shape index (κ2) is 9.90. The highest BCUT2D eigenvalue weighted by atomic mass is 16.5. The Kier molecular flexibility index (Phi) is 7.85. The van der Waals surface area contributed by atoms with Crippen molar-refractivity contribution in [2.24, 2.45) is 0 Å². The van der Waals surface area contributed by atoms with Gasteiger partial charge in [0.2, 0.25) is 11.8 Å². The summed E-state index contributed by atoms with van der Waals surface area (Å²) in [7, 11) is 1.49. The number of nitrogens with one attached hydrogen (secondary N) is 2. The van der Waals surface area contributed by atoms with Gasteiger partial charge in [0.25, 0.3) is 0 Å². The molecule has 0 radical (unpaired) electrons. The summed E-state index contributed by atoms with van der Waals surface area (Å²) in [6.45, 7) is 3.85. The summed E-state index contributed by atoms with van der Waals surface area (Å²) in [5.74, 6) is 0.298. The molecule has 0 unspecified atom stereocenters. The molecule has 1 rings (SSSR count). The van der Waals surface area contributed by atoms with Gasteiger partial charge in [-0.25, -0.2) is 0 Å². The standard InChI is InChI=1S/C17H21N3O4/c1-4-19-17(22)12(2)20-16(21)8-6-13-5-7-14(24-10-9-18)15(11-13)23-3/h5-8,11-12H,4,10H2,1-3H3,(H,19,22)(H,20,21)/b8-6+/t12-/m0/s1. The van der Waals surface area contributed by atoms with E-state index in [9.17, 15) is 9.59 Å². The molecule has 2 N–H and O–H groups in total. The van der Waals surface area contributed by atoms with Crippen LogP contribution in [-0.4, -0.2) is 38.1 Å². The van der Waals surface area contributed by atoms with Crippen LogP contribution in [0.2, 0.25) is 0 Å². The van der Waals surface area contributed by atoms with Crippen molar-refractivity contribution in [3.8, 4) is 17.6 Å². The lowest BCUT2D eigenvalue weighted by atomic mass is 10.2. The molecule has 0 heterocycles. The number of nitrogens with zero attached hydrogens (tertiary/aromatic N) is 1. The first kappa shape index (κ1) is 19.0. The van der Waals surface area contributed by atoms with Crippen molar-refractivity contribution in [1.82, 2.24) is 10.6 Å². The Balaban J connectivity index is 2.71. The molecule has 0 saturated carbocycles. The maximum atomic E-state index is 11.8. The van der Waals surface area contributed by atoms with Crippen molar-refractivity contribution in [2.45, 2.75) is 19.9 Å². The molecule has 1 atom stereocenters. The third kappa shape index (κ3) is 6.01. The Hall–Kier alpha value is -3.01. The molecule has 1 aromatic carbocycles. The van der Waals surface area contributed by atoms with E-state index in [0.717, 1.165) is 5.56 Å². The van der Waals surface area contributed by atoms with Gasteiger partial charge >= 0.3 is 0 Å². The second-order valence-corrected chi connectivity index (χ2v) is 4.82. The van der Waals surface area contributed by atoms with Crippen LogP contribution in [0.25, 0.3) is 6.08 Å². The van der Waals surface area contributed by atoms with Crippen LogP contribution in [0.4, 0.5) is 0 Å². The Morgan fingerprint density at radius 2 is 2.12 bits per heavy atom. The summed E-state index contributed by atoms with van der Waals surface area (Å²) in [5.41, 5.74) is 0.719. The van der Waals surface area contributed by atoms with Gasteiger partial charge in [-0.05, 0) is 37.6 Å². The fourth-order valence-electron chi connectivity index (χ4n) is 1.84. The molecule has 0 aliphatic heterocycles. The summed E-state index contributed by atoms with van der Waals surface area (Å²) >= 11 is 0. The van der Waals surface area contributed by atoms with Gasteiger partial charge in [-0.2, -0.15) is 5.26 Å².